The first-order chi connectivity index (χ1) is 0. The summed E-state index contributed by atoms with van der Waals surface area (Å²) in [5.74, 6) is 0. The molecule has 0 rings (SSSR count). The minimum absolute atomic E-state index is 0. The van der Waals surface area contributed by atoms with Crippen molar-refractivity contribution in [2.75, 3.05) is 0 Å². The van der Waals surface area contributed by atoms with Gasteiger partial charge in [-0.05, 0) is 0 Å². The van der Waals surface area contributed by atoms with E-state index >= 15 is 0 Å². The Morgan fingerprint density at radius 1 is 0.600 bits per heavy atom. The van der Waals surface area contributed by atoms with E-state index in [-0.39, 0.29) is 50.6 Å². The van der Waals surface area contributed by atoms with Gasteiger partial charge in [-0.15, -0.1) is 12.4 Å². The quantitative estimate of drug-likeness (QED) is 0.344. The fraction of sp³-hybridized carbons (Fsp3) is 0. The predicted octanol–water partition coefficient (Wildman–Crippen LogP) is -2.05. The molecule has 0 unspecified atom stereocenters. The molecule has 0 aromatic rings. The van der Waals surface area contributed by atoms with Crippen molar-refractivity contribution in [2.45, 2.75) is 0 Å². The third kappa shape index (κ3) is 52.0. The Hall–Kier alpha value is 0.884. The van der Waals surface area contributed by atoms with Crippen molar-refractivity contribution < 1.29 is 38.1 Å². The minimum Gasteiger partial charge on any atom is -0.412 e. The van der Waals surface area contributed by atoms with Crippen LogP contribution in [-0.2, 0) is 21.7 Å². The number of rotatable bonds is 0. The monoisotopic (exact) mass is 138 g/mol. The van der Waals surface area contributed by atoms with Gasteiger partial charge >= 0.3 is 0 Å². The largest absolute Gasteiger partial charge is 0.412 e. The van der Waals surface area contributed by atoms with Crippen LogP contribution >= 0.6 is 12.4 Å². The molecule has 0 aromatic carbocycles. The summed E-state index contributed by atoms with van der Waals surface area (Å²) in [6.07, 6.45) is 0. The molecule has 0 aliphatic carbocycles. The molecule has 0 fully saturated rings. The van der Waals surface area contributed by atoms with E-state index in [4.69, 9.17) is 0 Å². The fourth-order valence-electron chi connectivity index (χ4n) is 0. The molecule has 0 bridgehead atoms. The molecule has 0 saturated carbocycles. The molecule has 0 aliphatic heterocycles. The number of hydrogen-bond acceptors (Lipinski definition) is 0. The van der Waals surface area contributed by atoms with Crippen molar-refractivity contribution in [2.24, 2.45) is 0 Å². The Morgan fingerprint density at radius 2 is 0.600 bits per heavy atom. The Kier molecular flexibility index (Phi) is 3380. The third-order valence-electron chi connectivity index (χ3n) is 0. The summed E-state index contributed by atoms with van der Waals surface area (Å²) in [5.41, 5.74) is 0. The molecule has 0 radical (unpaired) electrons. The first-order valence-corrected chi connectivity index (χ1v) is 0. The molecular weight excluding hydrogens is 131 g/mol. The Morgan fingerprint density at radius 3 is 0.600 bits per heavy atom. The summed E-state index contributed by atoms with van der Waals surface area (Å²) in [6, 6.07) is 0. The summed E-state index contributed by atoms with van der Waals surface area (Å²) < 4.78 is 0. The average molecular weight is 138 g/mol. The van der Waals surface area contributed by atoms with Gasteiger partial charge in [0.15, 0.2) is 0 Å². The normalized spacial score (nSPS) is 0. The van der Waals surface area contributed by atoms with Gasteiger partial charge in [0, 0.05) is 21.7 Å². The first kappa shape index (κ1) is 180. The smallest absolute Gasteiger partial charge is 0 e. The van der Waals surface area contributed by atoms with Gasteiger partial charge in [0.05, 0.1) is 0 Å². The Labute approximate surface area is 51.0 Å². The summed E-state index contributed by atoms with van der Waals surface area (Å²) in [5, 5.41) is 0. The summed E-state index contributed by atoms with van der Waals surface area (Å²) in [6.45, 7) is 0. The maximum Gasteiger partial charge on any atom is 0 e. The van der Waals surface area contributed by atoms with Gasteiger partial charge < -0.3 is 16.4 Å². The van der Waals surface area contributed by atoms with Crippen LogP contribution in [0.15, 0.2) is 0 Å². The summed E-state index contributed by atoms with van der Waals surface area (Å²) >= 11 is 0. The van der Waals surface area contributed by atoms with E-state index in [0.29, 0.717) is 0 Å². The minimum atomic E-state index is 0. The average Bonchev–Trinajstić information content (AvgIpc) is 0. The molecule has 5 heavy (non-hydrogen) atoms. The van der Waals surface area contributed by atoms with Crippen LogP contribution in [0.5, 0.6) is 0 Å². The standard InChI is InChI=1S/ClH.3H2O.Ti/h1H;3*1H2;. The van der Waals surface area contributed by atoms with Gasteiger partial charge in [0.2, 0.25) is 0 Å². The molecule has 0 aliphatic rings. The van der Waals surface area contributed by atoms with Crippen LogP contribution in [0.1, 0.15) is 0 Å². The van der Waals surface area contributed by atoms with Crippen molar-refractivity contribution in [1.29, 1.82) is 0 Å². The second-order valence-corrected chi connectivity index (χ2v) is 0. The summed E-state index contributed by atoms with van der Waals surface area (Å²) in [7, 11) is 0. The molecular formula is H7ClO3Ti. The van der Waals surface area contributed by atoms with Crippen LogP contribution in [0.3, 0.4) is 0 Å². The van der Waals surface area contributed by atoms with Crippen molar-refractivity contribution in [3.05, 3.63) is 0 Å². The zero-order chi connectivity index (χ0) is 0. The predicted molar refractivity (Wildman–Crippen MR) is 18.1 cm³/mol. The van der Waals surface area contributed by atoms with Gasteiger partial charge in [-0.2, -0.15) is 0 Å². The molecule has 5 heteroatoms. The molecule has 3 nitrogen and oxygen atoms in total. The molecule has 0 heterocycles. The van der Waals surface area contributed by atoms with Crippen molar-refractivity contribution in [1.82, 2.24) is 0 Å². The first-order valence-electron chi connectivity index (χ1n) is 0. The molecule has 0 spiro atoms. The summed E-state index contributed by atoms with van der Waals surface area (Å²) in [4.78, 5) is 0. The maximum absolute atomic E-state index is 0. The molecule has 0 aromatic heterocycles. The van der Waals surface area contributed by atoms with Crippen LogP contribution < -0.4 is 0 Å². The SMILES string of the molecule is Cl.O.O.O.[Ti]. The van der Waals surface area contributed by atoms with E-state index in [2.05, 4.69) is 0 Å². The molecule has 36 valence electrons. The third-order valence-corrected chi connectivity index (χ3v) is 0. The van der Waals surface area contributed by atoms with Crippen LogP contribution in [0.25, 0.3) is 0 Å². The Balaban J connectivity index is 0. The van der Waals surface area contributed by atoms with E-state index in [1.807, 2.05) is 0 Å². The zero-order valence-electron chi connectivity index (χ0n) is 2.41. The van der Waals surface area contributed by atoms with Crippen molar-refractivity contribution >= 4 is 12.4 Å². The van der Waals surface area contributed by atoms with Gasteiger partial charge in [-0.25, -0.2) is 0 Å². The van der Waals surface area contributed by atoms with Crippen LogP contribution in [0.4, 0.5) is 0 Å². The Bertz CT molecular complexity index is 6.85. The van der Waals surface area contributed by atoms with Gasteiger partial charge in [-0.3, -0.25) is 0 Å². The van der Waals surface area contributed by atoms with Crippen LogP contribution in [0.2, 0.25) is 0 Å². The number of halogens is 1. The molecule has 0 atom stereocenters. The topological polar surface area (TPSA) is 94.5 Å². The van der Waals surface area contributed by atoms with E-state index in [9.17, 15) is 0 Å². The van der Waals surface area contributed by atoms with Gasteiger partial charge in [0.1, 0.15) is 0 Å². The van der Waals surface area contributed by atoms with Gasteiger partial charge in [0.25, 0.3) is 0 Å². The van der Waals surface area contributed by atoms with E-state index in [1.165, 1.54) is 0 Å². The molecule has 0 amide bonds. The van der Waals surface area contributed by atoms with E-state index in [1.54, 1.807) is 0 Å². The van der Waals surface area contributed by atoms with E-state index < -0.39 is 0 Å². The van der Waals surface area contributed by atoms with Gasteiger partial charge in [-0.1, -0.05) is 0 Å². The molecule has 0 saturated heterocycles. The van der Waals surface area contributed by atoms with E-state index in [0.717, 1.165) is 0 Å². The zero-order valence-corrected chi connectivity index (χ0v) is 4.79. The van der Waals surface area contributed by atoms with Crippen molar-refractivity contribution in [3.63, 3.8) is 0 Å². The van der Waals surface area contributed by atoms with Crippen molar-refractivity contribution in [3.8, 4) is 0 Å². The fourth-order valence-corrected chi connectivity index (χ4v) is 0. The second-order valence-electron chi connectivity index (χ2n) is 0. The maximum atomic E-state index is 0. The molecule has 6 N–H and O–H groups in total. The van der Waals surface area contributed by atoms with Crippen LogP contribution in [0, 0.1) is 0 Å². The second kappa shape index (κ2) is 94.2. The van der Waals surface area contributed by atoms with Crippen LogP contribution in [-0.4, -0.2) is 16.4 Å². The number of hydrogen-bond donors (Lipinski definition) is 0.